The van der Waals surface area contributed by atoms with Gasteiger partial charge in [-0.1, -0.05) is 24.3 Å². The van der Waals surface area contributed by atoms with Crippen LogP contribution in [0.1, 0.15) is 5.56 Å². The highest BCUT2D eigenvalue weighted by Crippen LogP contribution is 2.23. The van der Waals surface area contributed by atoms with Crippen molar-refractivity contribution in [2.24, 2.45) is 0 Å². The van der Waals surface area contributed by atoms with Crippen LogP contribution in [0.15, 0.2) is 64.5 Å². The maximum absolute atomic E-state index is 12.6. The molecule has 0 saturated heterocycles. The number of H-pyrrole nitrogens is 1. The molecule has 7 nitrogen and oxygen atoms in total. The largest absolute Gasteiger partial charge is 0.269 e. The number of aromatic amines is 1. The Labute approximate surface area is 140 Å². The summed E-state index contributed by atoms with van der Waals surface area (Å²) in [6, 6.07) is 13.9. The highest BCUT2D eigenvalue weighted by molar-refractivity contribution is 7.98. The Balaban J connectivity index is 1.73. The second-order valence-electron chi connectivity index (χ2n) is 5.04. The van der Waals surface area contributed by atoms with Crippen molar-refractivity contribution in [2.45, 2.75) is 10.6 Å². The summed E-state index contributed by atoms with van der Waals surface area (Å²) in [6.45, 7) is 0. The topological polar surface area (TPSA) is 88.8 Å². The van der Waals surface area contributed by atoms with Gasteiger partial charge in [0.1, 0.15) is 11.2 Å². The van der Waals surface area contributed by atoms with E-state index in [0.717, 1.165) is 11.3 Å². The molecule has 24 heavy (non-hydrogen) atoms. The van der Waals surface area contributed by atoms with Crippen molar-refractivity contribution in [3.8, 4) is 11.4 Å². The lowest BCUT2D eigenvalue weighted by molar-refractivity contribution is 0.881. The molecule has 0 aliphatic heterocycles. The number of thioether (sulfide) groups is 1. The molecule has 1 aromatic carbocycles. The van der Waals surface area contributed by atoms with E-state index in [0.29, 0.717) is 11.2 Å². The minimum Gasteiger partial charge on any atom is -0.268 e. The van der Waals surface area contributed by atoms with Gasteiger partial charge in [0.25, 0.3) is 5.56 Å². The molecular weight excluding hydrogens is 324 g/mol. The van der Waals surface area contributed by atoms with Crippen LogP contribution < -0.4 is 5.56 Å². The van der Waals surface area contributed by atoms with Crippen LogP contribution in [0.25, 0.3) is 17.0 Å². The first-order chi connectivity index (χ1) is 11.8. The Kier molecular flexibility index (Phi) is 3.80. The lowest BCUT2D eigenvalue weighted by atomic mass is 10.2. The molecule has 0 saturated carbocycles. The zero-order valence-corrected chi connectivity index (χ0v) is 13.3. The van der Waals surface area contributed by atoms with Crippen molar-refractivity contribution >= 4 is 17.4 Å². The second-order valence-corrected chi connectivity index (χ2v) is 6.09. The van der Waals surface area contributed by atoms with E-state index in [4.69, 9.17) is 0 Å². The summed E-state index contributed by atoms with van der Waals surface area (Å²) < 4.78 is 1.52. The summed E-state index contributed by atoms with van der Waals surface area (Å²) in [5.41, 5.74) is 1.73. The summed E-state index contributed by atoms with van der Waals surface area (Å²) in [4.78, 5) is 18.3. The first kappa shape index (κ1) is 14.6. The van der Waals surface area contributed by atoms with Crippen LogP contribution in [-0.2, 0) is 5.75 Å². The summed E-state index contributed by atoms with van der Waals surface area (Å²) in [5, 5.41) is 13.5. The number of fused-ring (bicyclic) bond motifs is 1. The van der Waals surface area contributed by atoms with E-state index in [1.807, 2.05) is 30.3 Å². The second kappa shape index (κ2) is 6.25. The zero-order valence-electron chi connectivity index (χ0n) is 12.5. The lowest BCUT2D eigenvalue weighted by Crippen LogP contribution is -2.18. The third kappa shape index (κ3) is 2.67. The minimum absolute atomic E-state index is 0.215. The summed E-state index contributed by atoms with van der Waals surface area (Å²) in [6.07, 6.45) is 3.20. The molecule has 0 fully saturated rings. The Morgan fingerprint density at radius 2 is 2.00 bits per heavy atom. The standard InChI is InChI=1S/C16H12N6OS/c23-16-13(14-18-20-21-19-14)9-17-15-11(5-4-8-22(15)16)10-24-12-6-2-1-3-7-12/h1-9H,10H2,(H,18,19,20,21). The van der Waals surface area contributed by atoms with Gasteiger partial charge in [-0.05, 0) is 23.4 Å². The predicted octanol–water partition coefficient (Wildman–Crippen LogP) is 2.17. The minimum atomic E-state index is -0.215. The van der Waals surface area contributed by atoms with Crippen molar-refractivity contribution in [1.82, 2.24) is 30.0 Å². The van der Waals surface area contributed by atoms with E-state index in [1.165, 1.54) is 15.5 Å². The lowest BCUT2D eigenvalue weighted by Gasteiger charge is -2.07. The van der Waals surface area contributed by atoms with Crippen LogP contribution in [0.4, 0.5) is 0 Å². The molecule has 118 valence electrons. The van der Waals surface area contributed by atoms with E-state index in [1.54, 1.807) is 18.0 Å². The van der Waals surface area contributed by atoms with Crippen LogP contribution in [0.3, 0.4) is 0 Å². The molecule has 4 aromatic rings. The molecule has 0 aliphatic rings. The monoisotopic (exact) mass is 336 g/mol. The molecule has 3 aromatic heterocycles. The third-order valence-electron chi connectivity index (χ3n) is 3.54. The Morgan fingerprint density at radius 1 is 1.12 bits per heavy atom. The Morgan fingerprint density at radius 3 is 2.79 bits per heavy atom. The van der Waals surface area contributed by atoms with Crippen LogP contribution in [0, 0.1) is 0 Å². The van der Waals surface area contributed by atoms with Gasteiger partial charge in [0.05, 0.1) is 0 Å². The molecule has 3 heterocycles. The predicted molar refractivity (Wildman–Crippen MR) is 90.6 cm³/mol. The molecule has 8 heteroatoms. The Bertz CT molecular complexity index is 1030. The maximum Gasteiger partial charge on any atom is 0.269 e. The van der Waals surface area contributed by atoms with Crippen molar-refractivity contribution in [3.05, 3.63) is 70.8 Å². The fourth-order valence-electron chi connectivity index (χ4n) is 2.38. The van der Waals surface area contributed by atoms with E-state index in [9.17, 15) is 4.79 Å². The van der Waals surface area contributed by atoms with E-state index in [2.05, 4.69) is 37.7 Å². The molecular formula is C16H12N6OS. The third-order valence-corrected chi connectivity index (χ3v) is 4.60. The fourth-order valence-corrected chi connectivity index (χ4v) is 3.28. The van der Waals surface area contributed by atoms with Gasteiger partial charge >= 0.3 is 0 Å². The highest BCUT2D eigenvalue weighted by atomic mass is 32.2. The van der Waals surface area contributed by atoms with Gasteiger partial charge in [-0.2, -0.15) is 5.21 Å². The number of aromatic nitrogens is 6. The van der Waals surface area contributed by atoms with Gasteiger partial charge < -0.3 is 0 Å². The number of nitrogens with one attached hydrogen (secondary N) is 1. The van der Waals surface area contributed by atoms with Gasteiger partial charge in [0.2, 0.25) is 5.82 Å². The Hall–Kier alpha value is -3.00. The zero-order chi connectivity index (χ0) is 16.4. The first-order valence-electron chi connectivity index (χ1n) is 7.24. The van der Waals surface area contributed by atoms with E-state index < -0.39 is 0 Å². The normalized spacial score (nSPS) is 11.0. The van der Waals surface area contributed by atoms with Gasteiger partial charge in [-0.3, -0.25) is 9.20 Å². The number of rotatable bonds is 4. The SMILES string of the molecule is O=c1c(-c2nn[nH]n2)cnc2c(CSc3ccccc3)cccn12. The molecule has 0 amide bonds. The van der Waals surface area contributed by atoms with Crippen LogP contribution in [0.5, 0.6) is 0 Å². The van der Waals surface area contributed by atoms with Crippen LogP contribution in [0.2, 0.25) is 0 Å². The molecule has 0 unspecified atom stereocenters. The smallest absolute Gasteiger partial charge is 0.268 e. The summed E-state index contributed by atoms with van der Waals surface area (Å²) in [7, 11) is 0. The van der Waals surface area contributed by atoms with Crippen molar-refractivity contribution in [3.63, 3.8) is 0 Å². The molecule has 0 atom stereocenters. The van der Waals surface area contributed by atoms with Gasteiger partial charge in [-0.25, -0.2) is 4.98 Å². The van der Waals surface area contributed by atoms with Crippen molar-refractivity contribution < 1.29 is 0 Å². The number of tetrazole rings is 1. The molecule has 0 radical (unpaired) electrons. The van der Waals surface area contributed by atoms with Gasteiger partial charge in [0, 0.05) is 28.6 Å². The van der Waals surface area contributed by atoms with Crippen LogP contribution >= 0.6 is 11.8 Å². The highest BCUT2D eigenvalue weighted by Gasteiger charge is 2.13. The molecule has 4 rings (SSSR count). The van der Waals surface area contributed by atoms with Gasteiger partial charge in [-0.15, -0.1) is 22.0 Å². The number of benzene rings is 1. The molecule has 0 aliphatic carbocycles. The quantitative estimate of drug-likeness (QED) is 0.575. The summed E-state index contributed by atoms with van der Waals surface area (Å²) in [5.74, 6) is 0.966. The average Bonchev–Trinajstić information content (AvgIpc) is 3.16. The maximum atomic E-state index is 12.6. The number of pyridine rings is 1. The fraction of sp³-hybridized carbons (Fsp3) is 0.0625. The molecule has 0 spiro atoms. The molecule has 0 bridgehead atoms. The number of nitrogens with zero attached hydrogens (tertiary/aromatic N) is 5. The average molecular weight is 336 g/mol. The van der Waals surface area contributed by atoms with E-state index >= 15 is 0 Å². The number of hydrogen-bond acceptors (Lipinski definition) is 6. The number of hydrogen-bond donors (Lipinski definition) is 1. The van der Waals surface area contributed by atoms with Gasteiger partial charge in [0.15, 0.2) is 0 Å². The molecule has 1 N–H and O–H groups in total. The first-order valence-corrected chi connectivity index (χ1v) is 8.22. The van der Waals surface area contributed by atoms with Crippen molar-refractivity contribution in [1.29, 1.82) is 0 Å². The van der Waals surface area contributed by atoms with Crippen molar-refractivity contribution in [2.75, 3.05) is 0 Å². The van der Waals surface area contributed by atoms with Crippen LogP contribution in [-0.4, -0.2) is 30.0 Å². The summed E-state index contributed by atoms with van der Waals surface area (Å²) >= 11 is 1.70. The van der Waals surface area contributed by atoms with E-state index in [-0.39, 0.29) is 11.4 Å².